The Morgan fingerprint density at radius 2 is 1.96 bits per heavy atom. The van der Waals surface area contributed by atoms with E-state index in [0.717, 1.165) is 63.3 Å². The van der Waals surface area contributed by atoms with Crippen LogP contribution in [0.2, 0.25) is 0 Å². The fraction of sp³-hybridized carbons (Fsp3) is 0.286. The molecule has 6 nitrogen and oxygen atoms in total. The van der Waals surface area contributed by atoms with E-state index in [0.29, 0.717) is 11.7 Å². The zero-order valence-electron chi connectivity index (χ0n) is 15.6. The van der Waals surface area contributed by atoms with Gasteiger partial charge in [0.2, 0.25) is 0 Å². The number of hydrogen-bond donors (Lipinski definition) is 1. The number of anilines is 1. The molecule has 0 spiro atoms. The summed E-state index contributed by atoms with van der Waals surface area (Å²) in [6, 6.07) is 10.2. The molecule has 1 aliphatic rings. The smallest absolute Gasteiger partial charge is 0.165 e. The summed E-state index contributed by atoms with van der Waals surface area (Å²) in [5.74, 6) is 2.38. The van der Waals surface area contributed by atoms with Crippen LogP contribution in [0.3, 0.4) is 0 Å². The first-order chi connectivity index (χ1) is 13.6. The van der Waals surface area contributed by atoms with E-state index in [1.165, 1.54) is 0 Å². The minimum atomic E-state index is -0.698. The molecule has 1 aliphatic heterocycles. The highest BCUT2D eigenvalue weighted by Gasteiger charge is 2.25. The lowest BCUT2D eigenvalue weighted by atomic mass is 9.95. The first-order valence-corrected chi connectivity index (χ1v) is 10.9. The molecule has 0 amide bonds. The quantitative estimate of drug-likeness (QED) is 0.565. The van der Waals surface area contributed by atoms with Gasteiger partial charge in [-0.05, 0) is 31.9 Å². The second-order valence-electron chi connectivity index (χ2n) is 7.34. The van der Waals surface area contributed by atoms with E-state index in [4.69, 9.17) is 10.7 Å². The molecule has 1 saturated heterocycles. The van der Waals surface area contributed by atoms with Gasteiger partial charge in [0.25, 0.3) is 0 Å². The number of nitrogen functional groups attached to an aromatic ring is 1. The largest absolute Gasteiger partial charge is 0.383 e. The fourth-order valence-corrected chi connectivity index (χ4v) is 5.30. The van der Waals surface area contributed by atoms with Gasteiger partial charge >= 0.3 is 0 Å². The predicted octanol–water partition coefficient (Wildman–Crippen LogP) is 3.46. The van der Waals surface area contributed by atoms with Crippen molar-refractivity contribution >= 4 is 33.2 Å². The van der Waals surface area contributed by atoms with Gasteiger partial charge in [-0.3, -0.25) is 9.19 Å². The zero-order chi connectivity index (χ0) is 19.3. The monoisotopic (exact) mass is 391 g/mol. The van der Waals surface area contributed by atoms with Crippen LogP contribution in [0.1, 0.15) is 30.0 Å². The number of nitrogens with two attached hydrogens (primary N) is 1. The second-order valence-corrected chi connectivity index (χ2v) is 9.04. The van der Waals surface area contributed by atoms with Crippen molar-refractivity contribution in [3.8, 4) is 11.1 Å². The molecule has 4 heterocycles. The Labute approximate surface area is 165 Å². The van der Waals surface area contributed by atoms with E-state index in [1.807, 2.05) is 37.5 Å². The number of rotatable bonds is 2. The third-order valence-corrected chi connectivity index (χ3v) is 7.03. The first kappa shape index (κ1) is 17.3. The summed E-state index contributed by atoms with van der Waals surface area (Å²) in [6.45, 7) is 2.00. The SMILES string of the molecule is Cc1c(C2CCS(=O)CC2)nc2c(-c3cnc4ccccc4c3)cnn2c1N. The summed E-state index contributed by atoms with van der Waals surface area (Å²) in [7, 11) is -0.698. The average Bonchev–Trinajstić information content (AvgIpc) is 3.15. The van der Waals surface area contributed by atoms with Gasteiger partial charge in [0, 0.05) is 56.5 Å². The molecular formula is C21H21N5OS. The van der Waals surface area contributed by atoms with Crippen LogP contribution >= 0.6 is 0 Å². The Morgan fingerprint density at radius 3 is 2.79 bits per heavy atom. The Kier molecular flexibility index (Phi) is 4.12. The Morgan fingerprint density at radius 1 is 1.18 bits per heavy atom. The Balaban J connectivity index is 1.66. The van der Waals surface area contributed by atoms with Gasteiger partial charge in [-0.2, -0.15) is 9.61 Å². The summed E-state index contributed by atoms with van der Waals surface area (Å²) in [5, 5.41) is 5.56. The van der Waals surface area contributed by atoms with Gasteiger partial charge in [0.15, 0.2) is 5.65 Å². The van der Waals surface area contributed by atoms with Crippen LogP contribution in [-0.2, 0) is 10.8 Å². The standard InChI is InChI=1S/C21H21N5OS/c1-13-19(14-6-8-28(27)9-7-14)25-21-17(12-24-26(21)20(13)22)16-10-15-4-2-3-5-18(15)23-11-16/h2-5,10-12,14H,6-9,22H2,1H3. The lowest BCUT2D eigenvalue weighted by Gasteiger charge is -2.23. The molecule has 142 valence electrons. The fourth-order valence-electron chi connectivity index (χ4n) is 4.00. The van der Waals surface area contributed by atoms with E-state index in [-0.39, 0.29) is 0 Å². The predicted molar refractivity (Wildman–Crippen MR) is 113 cm³/mol. The first-order valence-electron chi connectivity index (χ1n) is 9.45. The van der Waals surface area contributed by atoms with Crippen molar-refractivity contribution in [3.63, 3.8) is 0 Å². The average molecular weight is 392 g/mol. The number of benzene rings is 1. The Hall–Kier alpha value is -2.80. The Bertz CT molecular complexity index is 1220. The van der Waals surface area contributed by atoms with Crippen LogP contribution in [0.5, 0.6) is 0 Å². The van der Waals surface area contributed by atoms with Gasteiger partial charge in [-0.25, -0.2) is 4.98 Å². The third kappa shape index (κ3) is 2.77. The third-order valence-electron chi connectivity index (χ3n) is 5.64. The highest BCUT2D eigenvalue weighted by atomic mass is 32.2. The molecule has 1 aromatic carbocycles. The molecule has 28 heavy (non-hydrogen) atoms. The van der Waals surface area contributed by atoms with Gasteiger partial charge in [0.1, 0.15) is 5.82 Å². The minimum absolute atomic E-state index is 0.294. The van der Waals surface area contributed by atoms with Gasteiger partial charge in [-0.1, -0.05) is 18.2 Å². The van der Waals surface area contributed by atoms with Crippen molar-refractivity contribution in [2.24, 2.45) is 0 Å². The van der Waals surface area contributed by atoms with Gasteiger partial charge in [-0.15, -0.1) is 0 Å². The van der Waals surface area contributed by atoms with Crippen molar-refractivity contribution in [2.75, 3.05) is 17.2 Å². The molecule has 0 unspecified atom stereocenters. The van der Waals surface area contributed by atoms with Crippen LogP contribution in [-0.4, -0.2) is 35.3 Å². The molecule has 4 aromatic rings. The van der Waals surface area contributed by atoms with Crippen LogP contribution in [0.25, 0.3) is 27.7 Å². The van der Waals surface area contributed by atoms with Crippen molar-refractivity contribution in [3.05, 3.63) is 54.0 Å². The van der Waals surface area contributed by atoms with E-state index in [9.17, 15) is 4.21 Å². The highest BCUT2D eigenvalue weighted by molar-refractivity contribution is 7.85. The molecule has 1 fully saturated rings. The van der Waals surface area contributed by atoms with Gasteiger partial charge < -0.3 is 5.73 Å². The zero-order valence-corrected chi connectivity index (χ0v) is 16.4. The number of para-hydroxylation sites is 1. The minimum Gasteiger partial charge on any atom is -0.383 e. The summed E-state index contributed by atoms with van der Waals surface area (Å²) < 4.78 is 13.5. The van der Waals surface area contributed by atoms with Crippen LogP contribution in [0.15, 0.2) is 42.7 Å². The summed E-state index contributed by atoms with van der Waals surface area (Å²) >= 11 is 0. The van der Waals surface area contributed by atoms with Crippen LogP contribution in [0.4, 0.5) is 5.82 Å². The molecular weight excluding hydrogens is 370 g/mol. The van der Waals surface area contributed by atoms with Crippen molar-refractivity contribution in [2.45, 2.75) is 25.7 Å². The van der Waals surface area contributed by atoms with Gasteiger partial charge in [0.05, 0.1) is 17.4 Å². The van der Waals surface area contributed by atoms with E-state index in [1.54, 1.807) is 4.52 Å². The van der Waals surface area contributed by atoms with Crippen molar-refractivity contribution < 1.29 is 4.21 Å². The molecule has 7 heteroatoms. The molecule has 0 saturated carbocycles. The van der Waals surface area contributed by atoms with Crippen molar-refractivity contribution in [1.82, 2.24) is 19.6 Å². The van der Waals surface area contributed by atoms with E-state index < -0.39 is 10.8 Å². The van der Waals surface area contributed by atoms with Crippen molar-refractivity contribution in [1.29, 1.82) is 0 Å². The maximum atomic E-state index is 11.8. The molecule has 5 rings (SSSR count). The molecule has 0 atom stereocenters. The van der Waals surface area contributed by atoms with Crippen LogP contribution < -0.4 is 5.73 Å². The number of aromatic nitrogens is 4. The maximum Gasteiger partial charge on any atom is 0.165 e. The summed E-state index contributed by atoms with van der Waals surface area (Å²) in [5.41, 5.74) is 12.0. The maximum absolute atomic E-state index is 11.8. The number of fused-ring (bicyclic) bond motifs is 2. The summed E-state index contributed by atoms with van der Waals surface area (Å²) in [6.07, 6.45) is 5.44. The number of pyridine rings is 1. The lowest BCUT2D eigenvalue weighted by molar-refractivity contribution is 0.590. The normalized spacial score (nSPS) is 20.0. The van der Waals surface area contributed by atoms with E-state index >= 15 is 0 Å². The second kappa shape index (κ2) is 6.67. The van der Waals surface area contributed by atoms with Crippen LogP contribution in [0, 0.1) is 6.92 Å². The molecule has 0 aliphatic carbocycles. The topological polar surface area (TPSA) is 86.2 Å². The molecule has 3 aromatic heterocycles. The number of nitrogens with zero attached hydrogens (tertiary/aromatic N) is 4. The molecule has 0 radical (unpaired) electrons. The molecule has 2 N–H and O–H groups in total. The lowest BCUT2D eigenvalue weighted by Crippen LogP contribution is -2.20. The summed E-state index contributed by atoms with van der Waals surface area (Å²) in [4.78, 5) is 9.57. The highest BCUT2D eigenvalue weighted by Crippen LogP contribution is 2.34. The number of hydrogen-bond acceptors (Lipinski definition) is 5. The molecule has 0 bridgehead atoms. The van der Waals surface area contributed by atoms with E-state index in [2.05, 4.69) is 22.2 Å².